The largest absolute Gasteiger partial charge is 0.398 e. The lowest BCUT2D eigenvalue weighted by Crippen LogP contribution is -2.42. The highest BCUT2D eigenvalue weighted by atomic mass is 79.9. The minimum atomic E-state index is -3.18. The summed E-state index contributed by atoms with van der Waals surface area (Å²) >= 11 is 3.19. The molecule has 12 heteroatoms. The summed E-state index contributed by atoms with van der Waals surface area (Å²) in [5.74, 6) is 0.576. The molecule has 0 spiro atoms. The van der Waals surface area contributed by atoms with Gasteiger partial charge in [0.05, 0.1) is 22.1 Å². The monoisotopic (exact) mass is 537 g/mol. The van der Waals surface area contributed by atoms with Crippen molar-refractivity contribution in [3.05, 3.63) is 46.2 Å². The summed E-state index contributed by atoms with van der Waals surface area (Å²) < 4.78 is 41.6. The molecule has 1 aliphatic heterocycles. The number of hydrogen-bond donors (Lipinski definition) is 2. The fourth-order valence-corrected chi connectivity index (χ4v) is 5.07. The maximum Gasteiger partial charge on any atom is 0.223 e. The third-order valence-electron chi connectivity index (χ3n) is 5.70. The lowest BCUT2D eigenvalue weighted by molar-refractivity contribution is 0.331. The van der Waals surface area contributed by atoms with Crippen LogP contribution in [0.4, 0.5) is 16.0 Å². The molecule has 2 aromatic heterocycles. The highest BCUT2D eigenvalue weighted by Gasteiger charge is 2.25. The molecule has 0 bridgehead atoms. The summed E-state index contributed by atoms with van der Waals surface area (Å²) in [5.41, 5.74) is 8.48. The van der Waals surface area contributed by atoms with Crippen LogP contribution in [0.15, 0.2) is 29.0 Å². The number of benzene rings is 1. The number of anilines is 2. The van der Waals surface area contributed by atoms with Gasteiger partial charge in [0, 0.05) is 37.2 Å². The van der Waals surface area contributed by atoms with E-state index in [1.54, 1.807) is 36.0 Å². The highest BCUT2D eigenvalue weighted by molar-refractivity contribution is 9.10. The van der Waals surface area contributed by atoms with Crippen LogP contribution in [-0.2, 0) is 10.0 Å². The molecule has 0 unspecified atom stereocenters. The molecule has 0 saturated carbocycles. The zero-order valence-electron chi connectivity index (χ0n) is 18.5. The van der Waals surface area contributed by atoms with Gasteiger partial charge in [-0.15, -0.1) is 0 Å². The molecule has 9 nitrogen and oxygen atoms in total. The van der Waals surface area contributed by atoms with Crippen LogP contribution in [0.1, 0.15) is 24.2 Å². The van der Waals surface area contributed by atoms with Crippen molar-refractivity contribution in [2.45, 2.75) is 32.7 Å². The molecule has 0 amide bonds. The zero-order chi connectivity index (χ0) is 23.9. The van der Waals surface area contributed by atoms with Gasteiger partial charge in [-0.25, -0.2) is 32.1 Å². The predicted molar refractivity (Wildman–Crippen MR) is 129 cm³/mol. The van der Waals surface area contributed by atoms with E-state index in [1.807, 2.05) is 6.92 Å². The van der Waals surface area contributed by atoms with Crippen molar-refractivity contribution in [3.8, 4) is 17.1 Å². The molecule has 0 aliphatic carbocycles. The van der Waals surface area contributed by atoms with E-state index in [9.17, 15) is 12.8 Å². The first-order chi connectivity index (χ1) is 15.5. The third kappa shape index (κ3) is 4.87. The second-order valence-corrected chi connectivity index (χ2v) is 10.9. The van der Waals surface area contributed by atoms with Crippen molar-refractivity contribution in [2.75, 3.05) is 30.4 Å². The Balaban J connectivity index is 1.58. The van der Waals surface area contributed by atoms with Crippen LogP contribution < -0.4 is 11.1 Å². The molecule has 176 valence electrons. The standard InChI is InChI=1S/C21H25BrFN7O2S/c1-12-10-25-21(27-14-6-8-29(9-7-14)33(3,31)32)28-20(12)16-11-30(13(2)26-16)17-5-4-15(24)18(22)19(17)23/h4-5,10-11,14H,6-9,24H2,1-3H3,(H,25,27,28). The molecule has 0 radical (unpaired) electrons. The molecule has 3 aromatic rings. The summed E-state index contributed by atoms with van der Waals surface area (Å²) in [4.78, 5) is 13.6. The SMILES string of the molecule is Cc1cnc(NC2CCN(S(C)(=O)=O)CC2)nc1-c1cn(-c2ccc(N)c(Br)c2F)c(C)n1. The number of piperidine rings is 1. The average Bonchev–Trinajstić information content (AvgIpc) is 3.14. The molecule has 4 rings (SSSR count). The Morgan fingerprint density at radius 1 is 1.21 bits per heavy atom. The maximum atomic E-state index is 14.8. The fraction of sp³-hybridized carbons (Fsp3) is 0.381. The van der Waals surface area contributed by atoms with Crippen molar-refractivity contribution in [1.29, 1.82) is 0 Å². The normalized spacial score (nSPS) is 15.7. The van der Waals surface area contributed by atoms with Gasteiger partial charge in [-0.05, 0) is 60.3 Å². The van der Waals surface area contributed by atoms with Crippen LogP contribution in [0.5, 0.6) is 0 Å². The number of sulfonamides is 1. The van der Waals surface area contributed by atoms with Gasteiger partial charge in [0.15, 0.2) is 5.82 Å². The summed E-state index contributed by atoms with van der Waals surface area (Å²) in [5, 5.41) is 3.31. The van der Waals surface area contributed by atoms with E-state index in [2.05, 4.69) is 36.2 Å². The Morgan fingerprint density at radius 2 is 1.91 bits per heavy atom. The second kappa shape index (κ2) is 8.99. The van der Waals surface area contributed by atoms with Gasteiger partial charge in [0.25, 0.3) is 0 Å². The predicted octanol–water partition coefficient (Wildman–Crippen LogP) is 3.27. The smallest absolute Gasteiger partial charge is 0.223 e. The Bertz CT molecular complexity index is 1300. The number of rotatable bonds is 5. The van der Waals surface area contributed by atoms with Gasteiger partial charge in [0.1, 0.15) is 11.5 Å². The van der Waals surface area contributed by atoms with Gasteiger partial charge >= 0.3 is 0 Å². The van der Waals surface area contributed by atoms with Gasteiger partial charge in [0.2, 0.25) is 16.0 Å². The number of imidazole rings is 1. The van der Waals surface area contributed by atoms with Gasteiger partial charge < -0.3 is 15.6 Å². The van der Waals surface area contributed by atoms with Crippen LogP contribution in [0.2, 0.25) is 0 Å². The molecule has 1 aromatic carbocycles. The number of hydrogen-bond acceptors (Lipinski definition) is 7. The number of nitrogen functional groups attached to an aromatic ring is 1. The number of nitrogens with one attached hydrogen (secondary N) is 1. The van der Waals surface area contributed by atoms with Crippen LogP contribution in [-0.4, -0.2) is 57.6 Å². The van der Waals surface area contributed by atoms with Crippen LogP contribution >= 0.6 is 15.9 Å². The molecule has 3 N–H and O–H groups in total. The molecular formula is C21H25BrFN7O2S. The average molecular weight is 538 g/mol. The van der Waals surface area contributed by atoms with Gasteiger partial charge in [-0.1, -0.05) is 0 Å². The quantitative estimate of drug-likeness (QED) is 0.479. The third-order valence-corrected chi connectivity index (χ3v) is 7.81. The zero-order valence-corrected chi connectivity index (χ0v) is 20.9. The fourth-order valence-electron chi connectivity index (χ4n) is 3.86. The van der Waals surface area contributed by atoms with Crippen molar-refractivity contribution in [3.63, 3.8) is 0 Å². The first kappa shape index (κ1) is 23.6. The second-order valence-electron chi connectivity index (χ2n) is 8.15. The summed E-state index contributed by atoms with van der Waals surface area (Å²) in [6.07, 6.45) is 6.01. The van der Waals surface area contributed by atoms with Crippen LogP contribution in [0.3, 0.4) is 0 Å². The lowest BCUT2D eigenvalue weighted by Gasteiger charge is -2.30. The Labute approximate surface area is 200 Å². The number of aromatic nitrogens is 4. The van der Waals surface area contributed by atoms with Gasteiger partial charge in [-0.3, -0.25) is 0 Å². The molecule has 0 atom stereocenters. The first-order valence-electron chi connectivity index (χ1n) is 10.4. The van der Waals surface area contributed by atoms with Crippen molar-refractivity contribution in [1.82, 2.24) is 23.8 Å². The molecule has 1 aliphatic rings. The number of aryl methyl sites for hydroxylation is 2. The Kier molecular flexibility index (Phi) is 6.43. The van der Waals surface area contributed by atoms with Crippen molar-refractivity contribution < 1.29 is 12.8 Å². The highest BCUT2D eigenvalue weighted by Crippen LogP contribution is 2.30. The van der Waals surface area contributed by atoms with Crippen LogP contribution in [0.25, 0.3) is 17.1 Å². The topological polar surface area (TPSA) is 119 Å². The lowest BCUT2D eigenvalue weighted by atomic mass is 10.1. The van der Waals surface area contributed by atoms with Crippen molar-refractivity contribution in [2.24, 2.45) is 0 Å². The summed E-state index contributed by atoms with van der Waals surface area (Å²) in [6, 6.07) is 3.31. The Morgan fingerprint density at radius 3 is 2.58 bits per heavy atom. The number of nitrogens with zero attached hydrogens (tertiary/aromatic N) is 5. The van der Waals surface area contributed by atoms with E-state index in [1.165, 1.54) is 10.6 Å². The number of nitrogens with two attached hydrogens (primary N) is 1. The maximum absolute atomic E-state index is 14.8. The first-order valence-corrected chi connectivity index (χ1v) is 13.0. The van der Waals surface area contributed by atoms with Crippen LogP contribution in [0, 0.1) is 19.7 Å². The van der Waals surface area contributed by atoms with Gasteiger partial charge in [-0.2, -0.15) is 0 Å². The molecular weight excluding hydrogens is 513 g/mol. The molecule has 3 heterocycles. The van der Waals surface area contributed by atoms with Crippen molar-refractivity contribution >= 4 is 37.6 Å². The molecule has 1 fully saturated rings. The Hall–Kier alpha value is -2.57. The van der Waals surface area contributed by atoms with E-state index in [0.717, 1.165) is 5.56 Å². The minimum Gasteiger partial charge on any atom is -0.398 e. The summed E-state index contributed by atoms with van der Waals surface area (Å²) in [7, 11) is -3.18. The molecule has 1 saturated heterocycles. The van der Waals surface area contributed by atoms with E-state index < -0.39 is 15.8 Å². The van der Waals surface area contributed by atoms with E-state index in [4.69, 9.17) is 5.73 Å². The summed E-state index contributed by atoms with van der Waals surface area (Å²) in [6.45, 7) is 4.60. The van der Waals surface area contributed by atoms with E-state index in [0.29, 0.717) is 60.5 Å². The molecule has 33 heavy (non-hydrogen) atoms. The van der Waals surface area contributed by atoms with E-state index in [-0.39, 0.29) is 10.5 Å². The number of halogens is 2. The van der Waals surface area contributed by atoms with E-state index >= 15 is 0 Å². The minimum absolute atomic E-state index is 0.0686.